The second kappa shape index (κ2) is 8.75. The number of hydrogen-bond acceptors (Lipinski definition) is 7. The van der Waals surface area contributed by atoms with Gasteiger partial charge >= 0.3 is 0 Å². The highest BCUT2D eigenvalue weighted by Gasteiger charge is 2.45. The maximum Gasteiger partial charge on any atom is 0.264 e. The summed E-state index contributed by atoms with van der Waals surface area (Å²) in [4.78, 5) is 41.0. The van der Waals surface area contributed by atoms with Gasteiger partial charge in [-0.15, -0.1) is 11.3 Å². The molecule has 1 atom stereocenters. The first-order valence-electron chi connectivity index (χ1n) is 11.2. The number of hydrogen-bond donors (Lipinski definition) is 4. The average Bonchev–Trinajstić information content (AvgIpc) is 3.36. The summed E-state index contributed by atoms with van der Waals surface area (Å²) in [5.74, 6) is -0.342. The van der Waals surface area contributed by atoms with Gasteiger partial charge in [0.15, 0.2) is 5.65 Å². The van der Waals surface area contributed by atoms with Crippen LogP contribution in [0.5, 0.6) is 0 Å². The van der Waals surface area contributed by atoms with Gasteiger partial charge in [-0.2, -0.15) is 0 Å². The van der Waals surface area contributed by atoms with Gasteiger partial charge in [-0.3, -0.25) is 9.59 Å². The molecule has 1 aliphatic heterocycles. The minimum absolute atomic E-state index is 0.0356. The maximum absolute atomic E-state index is 13.0. The highest BCUT2D eigenvalue weighted by molar-refractivity contribution is 7.17. The fraction of sp³-hybridized carbons (Fsp3) is 0.500. The Bertz CT molecular complexity index is 1230. The summed E-state index contributed by atoms with van der Waals surface area (Å²) in [5.41, 5.74) is 2.13. The summed E-state index contributed by atoms with van der Waals surface area (Å²) >= 11 is 1.32. The first kappa shape index (κ1) is 24.3. The minimum Gasteiger partial charge on any atom is -0.396 e. The standard InChI is InChI=1S/C24H31N5O4S/c1-13-6-17(34-19(13)22(33)29-9-24(10-29,11-30)12-31)16-8-26-20-18(28-16)15(7-25-20)21(32)27-14(2)23(3,4)5/h6-8,14,30-31H,9-12H2,1-5H3,(H,25,26)(H,27,32). The predicted octanol–water partition coefficient (Wildman–Crippen LogP) is 2.59. The second-order valence-electron chi connectivity index (χ2n) is 10.3. The van der Waals surface area contributed by atoms with Crippen LogP contribution in [0.1, 0.15) is 53.3 Å². The molecule has 0 saturated carbocycles. The molecule has 10 heteroatoms. The summed E-state index contributed by atoms with van der Waals surface area (Å²) in [6, 6.07) is 1.86. The smallest absolute Gasteiger partial charge is 0.264 e. The molecule has 0 aromatic carbocycles. The Balaban J connectivity index is 1.59. The molecule has 34 heavy (non-hydrogen) atoms. The van der Waals surface area contributed by atoms with E-state index in [2.05, 4.69) is 36.1 Å². The van der Waals surface area contributed by atoms with Crippen molar-refractivity contribution in [3.63, 3.8) is 0 Å². The summed E-state index contributed by atoms with van der Waals surface area (Å²) in [6.07, 6.45) is 3.25. The molecule has 0 aliphatic carbocycles. The van der Waals surface area contributed by atoms with Crippen molar-refractivity contribution in [1.82, 2.24) is 25.2 Å². The topological polar surface area (TPSA) is 131 Å². The molecule has 1 fully saturated rings. The molecule has 4 N–H and O–H groups in total. The van der Waals surface area contributed by atoms with E-state index in [0.29, 0.717) is 40.4 Å². The van der Waals surface area contributed by atoms with E-state index in [1.807, 2.05) is 19.9 Å². The highest BCUT2D eigenvalue weighted by atomic mass is 32.1. The normalized spacial score (nSPS) is 16.4. The van der Waals surface area contributed by atoms with Crippen LogP contribution in [0.4, 0.5) is 0 Å². The number of aromatic amines is 1. The third kappa shape index (κ3) is 4.33. The van der Waals surface area contributed by atoms with Crippen molar-refractivity contribution in [3.8, 4) is 10.6 Å². The van der Waals surface area contributed by atoms with Gasteiger partial charge in [-0.25, -0.2) is 9.97 Å². The van der Waals surface area contributed by atoms with Gasteiger partial charge in [0, 0.05) is 25.3 Å². The van der Waals surface area contributed by atoms with Crippen molar-refractivity contribution >= 4 is 34.3 Å². The van der Waals surface area contributed by atoms with Crippen molar-refractivity contribution < 1.29 is 19.8 Å². The van der Waals surface area contributed by atoms with Gasteiger partial charge in [0.05, 0.1) is 45.8 Å². The van der Waals surface area contributed by atoms with E-state index in [1.165, 1.54) is 11.3 Å². The number of likely N-dealkylation sites (tertiary alicyclic amines) is 1. The number of carbonyl (C=O) groups excluding carboxylic acids is 2. The Morgan fingerprint density at radius 3 is 2.59 bits per heavy atom. The molecule has 3 aromatic rings. The second-order valence-corrected chi connectivity index (χ2v) is 11.4. The van der Waals surface area contributed by atoms with Crippen LogP contribution in [-0.4, -0.2) is 74.2 Å². The van der Waals surface area contributed by atoms with Crippen molar-refractivity contribution in [2.45, 2.75) is 40.7 Å². The lowest BCUT2D eigenvalue weighted by Crippen LogP contribution is -2.61. The number of nitrogens with one attached hydrogen (secondary N) is 2. The van der Waals surface area contributed by atoms with Gasteiger partial charge in [-0.1, -0.05) is 20.8 Å². The lowest BCUT2D eigenvalue weighted by molar-refractivity contribution is -0.0587. The van der Waals surface area contributed by atoms with Crippen molar-refractivity contribution in [3.05, 3.63) is 34.5 Å². The Morgan fingerprint density at radius 2 is 1.97 bits per heavy atom. The minimum atomic E-state index is -0.615. The number of rotatable bonds is 6. The van der Waals surface area contributed by atoms with E-state index in [1.54, 1.807) is 17.3 Å². The number of thiophene rings is 1. The van der Waals surface area contributed by atoms with Crippen LogP contribution in [0.2, 0.25) is 0 Å². The Kier molecular flexibility index (Phi) is 6.26. The summed E-state index contributed by atoms with van der Waals surface area (Å²) < 4.78 is 0. The summed E-state index contributed by atoms with van der Waals surface area (Å²) in [6.45, 7) is 10.4. The molecule has 9 nitrogen and oxygen atoms in total. The number of H-pyrrole nitrogens is 1. The predicted molar refractivity (Wildman–Crippen MR) is 131 cm³/mol. The molecular formula is C24H31N5O4S. The Morgan fingerprint density at radius 1 is 1.29 bits per heavy atom. The number of aliphatic hydroxyl groups excluding tert-OH is 2. The monoisotopic (exact) mass is 485 g/mol. The van der Waals surface area contributed by atoms with Gasteiger partial charge in [0.2, 0.25) is 0 Å². The van der Waals surface area contributed by atoms with Gasteiger partial charge in [0.25, 0.3) is 11.8 Å². The SMILES string of the molecule is Cc1cc(-c2cnc3[nH]cc(C(=O)NC(C)C(C)(C)C)c3n2)sc1C(=O)N1CC(CO)(CO)C1. The molecule has 182 valence electrons. The molecule has 1 unspecified atom stereocenters. The Hall–Kier alpha value is -2.82. The molecule has 0 spiro atoms. The molecule has 4 rings (SSSR count). The average molecular weight is 486 g/mol. The van der Waals surface area contributed by atoms with Crippen LogP contribution >= 0.6 is 11.3 Å². The number of nitrogens with zero attached hydrogens (tertiary/aromatic N) is 3. The molecule has 3 aromatic heterocycles. The van der Waals surface area contributed by atoms with E-state index < -0.39 is 5.41 Å². The zero-order valence-electron chi connectivity index (χ0n) is 20.1. The van der Waals surface area contributed by atoms with Gasteiger partial charge in [0.1, 0.15) is 5.52 Å². The van der Waals surface area contributed by atoms with E-state index in [-0.39, 0.29) is 36.5 Å². The van der Waals surface area contributed by atoms with Crippen LogP contribution in [0.15, 0.2) is 18.5 Å². The molecule has 1 saturated heterocycles. The maximum atomic E-state index is 13.0. The Labute approximate surface area is 202 Å². The van der Waals surface area contributed by atoms with Crippen LogP contribution < -0.4 is 5.32 Å². The van der Waals surface area contributed by atoms with E-state index >= 15 is 0 Å². The van der Waals surface area contributed by atoms with Gasteiger partial charge in [-0.05, 0) is 30.9 Å². The van der Waals surface area contributed by atoms with Gasteiger partial charge < -0.3 is 25.4 Å². The number of aryl methyl sites for hydroxylation is 1. The van der Waals surface area contributed by atoms with Crippen molar-refractivity contribution in [1.29, 1.82) is 0 Å². The van der Waals surface area contributed by atoms with E-state index in [9.17, 15) is 19.8 Å². The lowest BCUT2D eigenvalue weighted by Gasteiger charge is -2.48. The van der Waals surface area contributed by atoms with Crippen LogP contribution in [0.25, 0.3) is 21.7 Å². The third-order valence-electron chi connectivity index (χ3n) is 6.65. The first-order valence-corrected chi connectivity index (χ1v) is 12.1. The first-order chi connectivity index (χ1) is 16.0. The highest BCUT2D eigenvalue weighted by Crippen LogP contribution is 2.36. The molecule has 0 radical (unpaired) electrons. The largest absolute Gasteiger partial charge is 0.396 e. The summed E-state index contributed by atoms with van der Waals surface area (Å²) in [7, 11) is 0. The number of carbonyl (C=O) groups is 2. The van der Waals surface area contributed by atoms with E-state index in [4.69, 9.17) is 4.98 Å². The molecule has 0 bridgehead atoms. The quantitative estimate of drug-likeness (QED) is 0.424. The van der Waals surface area contributed by atoms with Crippen LogP contribution in [0.3, 0.4) is 0 Å². The van der Waals surface area contributed by atoms with Crippen molar-refractivity contribution in [2.75, 3.05) is 26.3 Å². The van der Waals surface area contributed by atoms with Crippen molar-refractivity contribution in [2.24, 2.45) is 10.8 Å². The fourth-order valence-electron chi connectivity index (χ4n) is 3.80. The summed E-state index contributed by atoms with van der Waals surface area (Å²) in [5, 5.41) is 22.0. The lowest BCUT2D eigenvalue weighted by atomic mass is 9.81. The molecule has 2 amide bonds. The van der Waals surface area contributed by atoms with E-state index in [0.717, 1.165) is 10.4 Å². The zero-order chi connectivity index (χ0) is 24.8. The number of aliphatic hydroxyl groups is 2. The molecule has 4 heterocycles. The fourth-order valence-corrected chi connectivity index (χ4v) is 4.89. The molecule has 1 aliphatic rings. The molecular weight excluding hydrogens is 454 g/mol. The van der Waals surface area contributed by atoms with Crippen LogP contribution in [-0.2, 0) is 0 Å². The third-order valence-corrected chi connectivity index (χ3v) is 7.89. The zero-order valence-corrected chi connectivity index (χ0v) is 20.9. The number of amides is 2. The van der Waals surface area contributed by atoms with Crippen LogP contribution in [0, 0.1) is 17.8 Å². The number of fused-ring (bicyclic) bond motifs is 1. The number of aromatic nitrogens is 3.